The van der Waals surface area contributed by atoms with Gasteiger partial charge in [0, 0.05) is 18.7 Å². The molecule has 0 aliphatic heterocycles. The van der Waals surface area contributed by atoms with Crippen LogP contribution in [-0.4, -0.2) is 0 Å². The maximum Gasteiger partial charge on any atom is 0.182 e. The molecule has 0 atom stereocenters. The fourth-order valence-corrected chi connectivity index (χ4v) is 1.87. The van der Waals surface area contributed by atoms with Crippen LogP contribution in [0.1, 0.15) is 16.7 Å². The van der Waals surface area contributed by atoms with Crippen molar-refractivity contribution in [1.29, 1.82) is 0 Å². The van der Waals surface area contributed by atoms with Gasteiger partial charge in [-0.1, -0.05) is 23.8 Å². The van der Waals surface area contributed by atoms with E-state index in [1.54, 1.807) is 0 Å². The van der Waals surface area contributed by atoms with Crippen LogP contribution in [0.3, 0.4) is 0 Å². The monoisotopic (exact) mass is 265 g/mol. The standard InChI is InChI=1S/C15H14F3N/c1-9-3-4-10(2)11(5-9)8-19-14-7-12(16)6-13(17)15(14)18/h3-7,19H,8H2,1-2H3. The highest BCUT2D eigenvalue weighted by Gasteiger charge is 2.11. The molecule has 2 rings (SSSR count). The molecule has 19 heavy (non-hydrogen) atoms. The maximum atomic E-state index is 13.5. The summed E-state index contributed by atoms with van der Waals surface area (Å²) in [5.74, 6) is -3.06. The number of aryl methyl sites for hydroxylation is 2. The minimum Gasteiger partial charge on any atom is -0.378 e. The zero-order chi connectivity index (χ0) is 14.0. The molecule has 0 spiro atoms. The second kappa shape index (κ2) is 5.34. The first-order chi connectivity index (χ1) is 8.97. The van der Waals surface area contributed by atoms with E-state index in [0.29, 0.717) is 12.6 Å². The second-order valence-corrected chi connectivity index (χ2v) is 4.53. The van der Waals surface area contributed by atoms with Crippen LogP contribution in [0.4, 0.5) is 18.9 Å². The molecule has 0 aliphatic rings. The van der Waals surface area contributed by atoms with Gasteiger partial charge in [-0.2, -0.15) is 0 Å². The number of halogens is 3. The molecule has 4 heteroatoms. The molecule has 0 heterocycles. The molecule has 0 saturated heterocycles. The van der Waals surface area contributed by atoms with Crippen molar-refractivity contribution in [3.05, 3.63) is 64.5 Å². The molecule has 2 aromatic rings. The molecule has 100 valence electrons. The largest absolute Gasteiger partial charge is 0.378 e. The predicted molar refractivity (Wildman–Crippen MR) is 69.6 cm³/mol. The molecule has 0 saturated carbocycles. The smallest absolute Gasteiger partial charge is 0.182 e. The minimum atomic E-state index is -1.19. The molecule has 0 aromatic heterocycles. The first-order valence-corrected chi connectivity index (χ1v) is 5.92. The first kappa shape index (κ1) is 13.5. The summed E-state index contributed by atoms with van der Waals surface area (Å²) in [7, 11) is 0. The fourth-order valence-electron chi connectivity index (χ4n) is 1.87. The molecule has 0 bridgehead atoms. The minimum absolute atomic E-state index is 0.168. The van der Waals surface area contributed by atoms with Gasteiger partial charge in [-0.05, 0) is 25.0 Å². The Balaban J connectivity index is 2.21. The lowest BCUT2D eigenvalue weighted by Gasteiger charge is -2.11. The Hall–Kier alpha value is -1.97. The van der Waals surface area contributed by atoms with Crippen LogP contribution in [0.5, 0.6) is 0 Å². The van der Waals surface area contributed by atoms with Crippen LogP contribution >= 0.6 is 0 Å². The molecule has 0 radical (unpaired) electrons. The van der Waals surface area contributed by atoms with E-state index < -0.39 is 17.5 Å². The Labute approximate surface area is 110 Å². The van der Waals surface area contributed by atoms with Gasteiger partial charge < -0.3 is 5.32 Å². The van der Waals surface area contributed by atoms with Gasteiger partial charge in [0.25, 0.3) is 0 Å². The molecule has 0 aliphatic carbocycles. The summed E-state index contributed by atoms with van der Waals surface area (Å²) in [4.78, 5) is 0. The number of benzene rings is 2. The number of anilines is 1. The molecule has 0 fully saturated rings. The Morgan fingerprint density at radius 1 is 1.00 bits per heavy atom. The third-order valence-electron chi connectivity index (χ3n) is 2.97. The Morgan fingerprint density at radius 3 is 2.47 bits per heavy atom. The molecule has 1 N–H and O–H groups in total. The maximum absolute atomic E-state index is 13.5. The fraction of sp³-hybridized carbons (Fsp3) is 0.200. The van der Waals surface area contributed by atoms with E-state index in [0.717, 1.165) is 22.8 Å². The number of nitrogens with one attached hydrogen (secondary N) is 1. The molecule has 1 nitrogen and oxygen atoms in total. The van der Waals surface area contributed by atoms with E-state index in [1.807, 2.05) is 32.0 Å². The van der Waals surface area contributed by atoms with Crippen LogP contribution in [0.25, 0.3) is 0 Å². The molecule has 2 aromatic carbocycles. The summed E-state index contributed by atoms with van der Waals surface area (Å²) in [5, 5.41) is 2.72. The third-order valence-corrected chi connectivity index (χ3v) is 2.97. The van der Waals surface area contributed by atoms with E-state index >= 15 is 0 Å². The van der Waals surface area contributed by atoms with Crippen molar-refractivity contribution >= 4 is 5.69 Å². The first-order valence-electron chi connectivity index (χ1n) is 5.92. The van der Waals surface area contributed by atoms with Crippen molar-refractivity contribution in [3.8, 4) is 0 Å². The van der Waals surface area contributed by atoms with E-state index in [4.69, 9.17) is 0 Å². The summed E-state index contributed by atoms with van der Waals surface area (Å²) < 4.78 is 39.5. The van der Waals surface area contributed by atoms with Gasteiger partial charge in [0.2, 0.25) is 0 Å². The normalized spacial score (nSPS) is 10.6. The van der Waals surface area contributed by atoms with E-state index in [9.17, 15) is 13.2 Å². The van der Waals surface area contributed by atoms with Crippen LogP contribution in [0.15, 0.2) is 30.3 Å². The van der Waals surface area contributed by atoms with Gasteiger partial charge in [-0.3, -0.25) is 0 Å². The van der Waals surface area contributed by atoms with Crippen LogP contribution in [-0.2, 0) is 6.54 Å². The molecular formula is C15H14F3N. The second-order valence-electron chi connectivity index (χ2n) is 4.53. The lowest BCUT2D eigenvalue weighted by atomic mass is 10.1. The lowest BCUT2D eigenvalue weighted by molar-refractivity contribution is 0.497. The molecule has 0 amide bonds. The highest BCUT2D eigenvalue weighted by molar-refractivity contribution is 5.46. The van der Waals surface area contributed by atoms with Crippen molar-refractivity contribution in [3.63, 3.8) is 0 Å². The lowest BCUT2D eigenvalue weighted by Crippen LogP contribution is -2.05. The van der Waals surface area contributed by atoms with Crippen molar-refractivity contribution in [2.75, 3.05) is 5.32 Å². The van der Waals surface area contributed by atoms with Crippen LogP contribution in [0.2, 0.25) is 0 Å². The van der Waals surface area contributed by atoms with Gasteiger partial charge in [-0.15, -0.1) is 0 Å². The number of hydrogen-bond donors (Lipinski definition) is 1. The van der Waals surface area contributed by atoms with E-state index in [-0.39, 0.29) is 5.69 Å². The van der Waals surface area contributed by atoms with Crippen LogP contribution < -0.4 is 5.32 Å². The Bertz CT molecular complexity index is 609. The number of hydrogen-bond acceptors (Lipinski definition) is 1. The van der Waals surface area contributed by atoms with Gasteiger partial charge in [-0.25, -0.2) is 13.2 Å². The highest BCUT2D eigenvalue weighted by atomic mass is 19.2. The number of rotatable bonds is 3. The summed E-state index contributed by atoms with van der Waals surface area (Å²) in [6.45, 7) is 4.19. The average Bonchev–Trinajstić information content (AvgIpc) is 2.35. The quantitative estimate of drug-likeness (QED) is 0.814. The van der Waals surface area contributed by atoms with E-state index in [2.05, 4.69) is 5.32 Å². The summed E-state index contributed by atoms with van der Waals surface area (Å²) in [6, 6.07) is 7.36. The summed E-state index contributed by atoms with van der Waals surface area (Å²) in [5.41, 5.74) is 2.91. The van der Waals surface area contributed by atoms with E-state index in [1.165, 1.54) is 0 Å². The average molecular weight is 265 g/mol. The summed E-state index contributed by atoms with van der Waals surface area (Å²) in [6.07, 6.45) is 0. The highest BCUT2D eigenvalue weighted by Crippen LogP contribution is 2.20. The SMILES string of the molecule is Cc1ccc(C)c(CNc2cc(F)cc(F)c2F)c1. The Kier molecular flexibility index (Phi) is 3.79. The van der Waals surface area contributed by atoms with Crippen molar-refractivity contribution in [2.24, 2.45) is 0 Å². The Morgan fingerprint density at radius 2 is 1.74 bits per heavy atom. The van der Waals surface area contributed by atoms with Gasteiger partial charge in [0.1, 0.15) is 5.82 Å². The zero-order valence-electron chi connectivity index (χ0n) is 10.7. The van der Waals surface area contributed by atoms with Crippen molar-refractivity contribution in [1.82, 2.24) is 0 Å². The van der Waals surface area contributed by atoms with Crippen molar-refractivity contribution in [2.45, 2.75) is 20.4 Å². The van der Waals surface area contributed by atoms with Gasteiger partial charge in [0.05, 0.1) is 5.69 Å². The van der Waals surface area contributed by atoms with Crippen LogP contribution in [0, 0.1) is 31.3 Å². The topological polar surface area (TPSA) is 12.0 Å². The zero-order valence-corrected chi connectivity index (χ0v) is 10.7. The van der Waals surface area contributed by atoms with Gasteiger partial charge in [0.15, 0.2) is 11.6 Å². The van der Waals surface area contributed by atoms with Gasteiger partial charge >= 0.3 is 0 Å². The summed E-state index contributed by atoms with van der Waals surface area (Å²) >= 11 is 0. The van der Waals surface area contributed by atoms with Crippen molar-refractivity contribution < 1.29 is 13.2 Å². The third kappa shape index (κ3) is 3.08. The molecule has 0 unspecified atom stereocenters. The predicted octanol–water partition coefficient (Wildman–Crippen LogP) is 4.33. The molecular weight excluding hydrogens is 251 g/mol.